The van der Waals surface area contributed by atoms with Crippen LogP contribution in [0.1, 0.15) is 58.8 Å². The van der Waals surface area contributed by atoms with Crippen molar-refractivity contribution in [2.24, 2.45) is 0 Å². The van der Waals surface area contributed by atoms with Gasteiger partial charge in [0.25, 0.3) is 0 Å². The molecule has 0 atom stereocenters. The summed E-state index contributed by atoms with van der Waals surface area (Å²) in [7, 11) is 0. The highest BCUT2D eigenvalue weighted by atomic mass is 16.5. The van der Waals surface area contributed by atoms with Crippen LogP contribution in [0.15, 0.2) is 11.6 Å². The molecule has 0 amide bonds. The van der Waals surface area contributed by atoms with Gasteiger partial charge < -0.3 is 4.74 Å². The summed E-state index contributed by atoms with van der Waals surface area (Å²) in [5, 5.41) is 8.38. The Bertz CT molecular complexity index is 276. The minimum absolute atomic E-state index is 0.161. The maximum absolute atomic E-state index is 11.3. The normalized spacial score (nSPS) is 11.0. The smallest absolute Gasteiger partial charge is 0.306 e. The van der Waals surface area contributed by atoms with Crippen LogP contribution in [0.5, 0.6) is 0 Å². The number of ether oxygens (including phenoxy) is 1. The van der Waals surface area contributed by atoms with Crippen molar-refractivity contribution in [3.8, 4) is 6.07 Å². The molecule has 0 heterocycles. The molecular formula is C14H23NO2. The van der Waals surface area contributed by atoms with Gasteiger partial charge in [0.05, 0.1) is 6.07 Å². The van der Waals surface area contributed by atoms with E-state index < -0.39 is 0 Å². The second-order valence-electron chi connectivity index (χ2n) is 4.30. The van der Waals surface area contributed by atoms with Crippen LogP contribution < -0.4 is 0 Å². The van der Waals surface area contributed by atoms with Crippen molar-refractivity contribution in [3.05, 3.63) is 11.6 Å². The minimum Gasteiger partial charge on any atom is -0.461 e. The minimum atomic E-state index is -0.161. The van der Waals surface area contributed by atoms with E-state index >= 15 is 0 Å². The molecule has 0 aliphatic rings. The van der Waals surface area contributed by atoms with Crippen LogP contribution in [0, 0.1) is 11.3 Å². The number of hydrogen-bond donors (Lipinski definition) is 0. The van der Waals surface area contributed by atoms with Crippen molar-refractivity contribution in [3.63, 3.8) is 0 Å². The molecule has 0 radical (unpaired) electrons. The van der Waals surface area contributed by atoms with Crippen LogP contribution in [-0.2, 0) is 9.53 Å². The van der Waals surface area contributed by atoms with Gasteiger partial charge in [-0.15, -0.1) is 0 Å². The first-order chi connectivity index (χ1) is 8.20. The predicted octanol–water partition coefficient (Wildman–Crippen LogP) is 3.75. The zero-order valence-corrected chi connectivity index (χ0v) is 11.0. The topological polar surface area (TPSA) is 50.1 Å². The lowest BCUT2D eigenvalue weighted by Gasteiger charge is -2.04. The summed E-state index contributed by atoms with van der Waals surface area (Å²) in [6.07, 6.45) is 8.88. The van der Waals surface area contributed by atoms with E-state index in [0.717, 1.165) is 18.4 Å². The number of nitrogens with zero attached hydrogens (tertiary/aromatic N) is 1. The molecule has 3 heteroatoms. The van der Waals surface area contributed by atoms with Gasteiger partial charge in [0, 0.05) is 12.5 Å². The molecule has 0 N–H and O–H groups in total. The molecule has 17 heavy (non-hydrogen) atoms. The van der Waals surface area contributed by atoms with Gasteiger partial charge in [-0.1, -0.05) is 39.0 Å². The van der Waals surface area contributed by atoms with E-state index in [1.165, 1.54) is 31.8 Å². The maximum Gasteiger partial charge on any atom is 0.306 e. The average molecular weight is 237 g/mol. The summed E-state index contributed by atoms with van der Waals surface area (Å²) in [6.45, 7) is 4.21. The fourth-order valence-electron chi connectivity index (χ4n) is 1.47. The summed E-state index contributed by atoms with van der Waals surface area (Å²) in [6, 6.07) is 1.91. The van der Waals surface area contributed by atoms with Gasteiger partial charge in [0.15, 0.2) is 0 Å². The third kappa shape index (κ3) is 11.0. The number of carbonyl (C=O) groups excluding carboxylic acids is 1. The van der Waals surface area contributed by atoms with Crippen LogP contribution in [0.3, 0.4) is 0 Å². The first-order valence-electron chi connectivity index (χ1n) is 6.41. The van der Waals surface area contributed by atoms with E-state index in [4.69, 9.17) is 10.00 Å². The maximum atomic E-state index is 11.3. The summed E-state index contributed by atoms with van der Waals surface area (Å²) in [5.41, 5.74) is 0.781. The van der Waals surface area contributed by atoms with E-state index in [2.05, 4.69) is 6.92 Å². The standard InChI is InChI=1S/C14H23NO2/c1-3-4-5-6-7-8-9-14(16)17-12-13(2)10-11-15/h10H,3-9,12H2,1-2H3. The molecule has 0 rings (SSSR count). The van der Waals surface area contributed by atoms with Gasteiger partial charge in [-0.25, -0.2) is 0 Å². The summed E-state index contributed by atoms with van der Waals surface area (Å²) < 4.78 is 5.03. The van der Waals surface area contributed by atoms with E-state index in [-0.39, 0.29) is 12.6 Å². The first kappa shape index (κ1) is 15.7. The first-order valence-corrected chi connectivity index (χ1v) is 6.41. The third-order valence-corrected chi connectivity index (χ3v) is 2.51. The van der Waals surface area contributed by atoms with Crippen molar-refractivity contribution in [1.29, 1.82) is 5.26 Å². The lowest BCUT2D eigenvalue weighted by Crippen LogP contribution is -2.06. The molecular weight excluding hydrogens is 214 g/mol. The van der Waals surface area contributed by atoms with Crippen LogP contribution in [-0.4, -0.2) is 12.6 Å². The van der Waals surface area contributed by atoms with Crippen molar-refractivity contribution in [2.45, 2.75) is 58.8 Å². The van der Waals surface area contributed by atoms with Gasteiger partial charge in [-0.2, -0.15) is 5.26 Å². The summed E-state index contributed by atoms with van der Waals surface area (Å²) in [5.74, 6) is -0.161. The zero-order valence-electron chi connectivity index (χ0n) is 11.0. The Balaban J connectivity index is 3.42. The Kier molecular flexibility index (Phi) is 10.3. The van der Waals surface area contributed by atoms with E-state index in [1.54, 1.807) is 6.92 Å². The molecule has 3 nitrogen and oxygen atoms in total. The van der Waals surface area contributed by atoms with Gasteiger partial charge in [-0.05, 0) is 18.9 Å². The van der Waals surface area contributed by atoms with E-state index in [1.807, 2.05) is 6.07 Å². The van der Waals surface area contributed by atoms with Crippen LogP contribution in [0.4, 0.5) is 0 Å². The Morgan fingerprint density at radius 2 is 1.88 bits per heavy atom. The van der Waals surface area contributed by atoms with Crippen LogP contribution in [0.2, 0.25) is 0 Å². The highest BCUT2D eigenvalue weighted by Gasteiger charge is 2.02. The monoisotopic (exact) mass is 237 g/mol. The Hall–Kier alpha value is -1.30. The number of unbranched alkanes of at least 4 members (excludes halogenated alkanes) is 5. The van der Waals surface area contributed by atoms with Crippen molar-refractivity contribution < 1.29 is 9.53 Å². The van der Waals surface area contributed by atoms with E-state index in [0.29, 0.717) is 6.42 Å². The van der Waals surface area contributed by atoms with Crippen LogP contribution in [0.25, 0.3) is 0 Å². The second kappa shape index (κ2) is 11.2. The third-order valence-electron chi connectivity index (χ3n) is 2.51. The SMILES string of the molecule is CCCCCCCCC(=O)OCC(C)=CC#N. The number of esters is 1. The van der Waals surface area contributed by atoms with Gasteiger partial charge in [0.1, 0.15) is 6.61 Å². The van der Waals surface area contributed by atoms with Gasteiger partial charge in [0.2, 0.25) is 0 Å². The van der Waals surface area contributed by atoms with Crippen molar-refractivity contribution in [1.82, 2.24) is 0 Å². The number of carbonyl (C=O) groups is 1. The van der Waals surface area contributed by atoms with E-state index in [9.17, 15) is 4.79 Å². The quantitative estimate of drug-likeness (QED) is 0.348. The number of hydrogen-bond acceptors (Lipinski definition) is 3. The highest BCUT2D eigenvalue weighted by Crippen LogP contribution is 2.07. The Morgan fingerprint density at radius 3 is 2.53 bits per heavy atom. The van der Waals surface area contributed by atoms with Crippen molar-refractivity contribution >= 4 is 5.97 Å². The van der Waals surface area contributed by atoms with Gasteiger partial charge in [-0.3, -0.25) is 4.79 Å². The molecule has 0 spiro atoms. The highest BCUT2D eigenvalue weighted by molar-refractivity contribution is 5.69. The van der Waals surface area contributed by atoms with Crippen molar-refractivity contribution in [2.75, 3.05) is 6.61 Å². The van der Waals surface area contributed by atoms with Gasteiger partial charge >= 0.3 is 5.97 Å². The molecule has 0 fully saturated rings. The molecule has 0 unspecified atom stereocenters. The molecule has 96 valence electrons. The average Bonchev–Trinajstić information content (AvgIpc) is 2.31. The number of nitriles is 1. The Morgan fingerprint density at radius 1 is 1.24 bits per heavy atom. The fraction of sp³-hybridized carbons (Fsp3) is 0.714. The predicted molar refractivity (Wildman–Crippen MR) is 68.3 cm³/mol. The largest absolute Gasteiger partial charge is 0.461 e. The summed E-state index contributed by atoms with van der Waals surface area (Å²) >= 11 is 0. The lowest BCUT2D eigenvalue weighted by atomic mass is 10.1. The molecule has 0 bridgehead atoms. The Labute approximate surface area is 104 Å². The zero-order chi connectivity index (χ0) is 12.9. The second-order valence-corrected chi connectivity index (χ2v) is 4.30. The molecule has 0 saturated carbocycles. The molecule has 0 aromatic heterocycles. The molecule has 0 aliphatic carbocycles. The molecule has 0 saturated heterocycles. The number of allylic oxidation sites excluding steroid dienone is 1. The fourth-order valence-corrected chi connectivity index (χ4v) is 1.47. The molecule has 0 aromatic carbocycles. The molecule has 0 aliphatic heterocycles. The number of rotatable bonds is 9. The molecule has 0 aromatic rings. The lowest BCUT2D eigenvalue weighted by molar-refractivity contribution is -0.142. The van der Waals surface area contributed by atoms with Crippen LogP contribution >= 0.6 is 0 Å². The summed E-state index contributed by atoms with van der Waals surface area (Å²) in [4.78, 5) is 11.3.